The lowest BCUT2D eigenvalue weighted by molar-refractivity contribution is -0.119. The van der Waals surface area contributed by atoms with Gasteiger partial charge in [-0.25, -0.2) is 12.8 Å². The number of aryl methyl sites for hydroxylation is 1. The maximum absolute atomic E-state index is 13.4. The summed E-state index contributed by atoms with van der Waals surface area (Å²) >= 11 is 0. The highest BCUT2D eigenvalue weighted by Crippen LogP contribution is 2.25. The van der Waals surface area contributed by atoms with Gasteiger partial charge in [0.25, 0.3) is 10.0 Å². The van der Waals surface area contributed by atoms with Gasteiger partial charge in [-0.3, -0.25) is 9.10 Å². The van der Waals surface area contributed by atoms with E-state index >= 15 is 0 Å². The molecular weight excluding hydrogens is 435 g/mol. The first kappa shape index (κ1) is 23.3. The number of carbonyl (C=O) groups excluding carboxylic acids is 1. The van der Waals surface area contributed by atoms with Crippen molar-refractivity contribution in [2.45, 2.75) is 24.7 Å². The van der Waals surface area contributed by atoms with E-state index in [4.69, 9.17) is 9.15 Å². The van der Waals surface area contributed by atoms with Crippen molar-refractivity contribution in [3.63, 3.8) is 0 Å². The van der Waals surface area contributed by atoms with Crippen molar-refractivity contribution in [2.24, 2.45) is 0 Å². The van der Waals surface area contributed by atoms with Gasteiger partial charge >= 0.3 is 0 Å². The predicted octanol–water partition coefficient (Wildman–Crippen LogP) is 3.76. The molecule has 1 aromatic heterocycles. The third-order valence-electron chi connectivity index (χ3n) is 4.63. The lowest BCUT2D eigenvalue weighted by Crippen LogP contribution is -2.41. The molecule has 1 amide bonds. The summed E-state index contributed by atoms with van der Waals surface area (Å²) in [6.07, 6.45) is 2.88. The average Bonchev–Trinajstić information content (AvgIpc) is 3.30. The van der Waals surface area contributed by atoms with Crippen LogP contribution in [0, 0.1) is 5.82 Å². The molecule has 0 bridgehead atoms. The molecule has 0 saturated heterocycles. The van der Waals surface area contributed by atoms with Crippen LogP contribution in [0.15, 0.2) is 76.2 Å². The van der Waals surface area contributed by atoms with E-state index in [9.17, 15) is 17.6 Å². The average molecular weight is 461 g/mol. The second-order valence-corrected chi connectivity index (χ2v) is 8.79. The quantitative estimate of drug-likeness (QED) is 0.440. The number of hydrogen-bond donors (Lipinski definition) is 1. The van der Waals surface area contributed by atoms with Crippen LogP contribution in [0.1, 0.15) is 19.1 Å². The van der Waals surface area contributed by atoms with Gasteiger partial charge in [0, 0.05) is 13.0 Å². The number of anilines is 1. The molecule has 3 rings (SSSR count). The van der Waals surface area contributed by atoms with Crippen LogP contribution in [0.4, 0.5) is 10.1 Å². The summed E-state index contributed by atoms with van der Waals surface area (Å²) in [5.74, 6) is 0.372. The highest BCUT2D eigenvalue weighted by atomic mass is 32.2. The van der Waals surface area contributed by atoms with Gasteiger partial charge in [0.2, 0.25) is 5.91 Å². The molecule has 0 aliphatic carbocycles. The van der Waals surface area contributed by atoms with Crippen LogP contribution in [-0.4, -0.2) is 34.0 Å². The van der Waals surface area contributed by atoms with Crippen LogP contribution in [0.5, 0.6) is 5.75 Å². The minimum absolute atomic E-state index is 0.00380. The van der Waals surface area contributed by atoms with E-state index in [1.54, 1.807) is 24.5 Å². The van der Waals surface area contributed by atoms with E-state index in [0.717, 1.165) is 22.2 Å². The minimum Gasteiger partial charge on any atom is -0.494 e. The fourth-order valence-electron chi connectivity index (χ4n) is 3.06. The molecule has 0 unspecified atom stereocenters. The third-order valence-corrected chi connectivity index (χ3v) is 6.41. The monoisotopic (exact) mass is 460 g/mol. The van der Waals surface area contributed by atoms with E-state index in [1.807, 2.05) is 13.0 Å². The van der Waals surface area contributed by atoms with Crippen molar-refractivity contribution >= 4 is 21.6 Å². The number of rotatable bonds is 11. The maximum Gasteiger partial charge on any atom is 0.264 e. The molecule has 7 nitrogen and oxygen atoms in total. The van der Waals surface area contributed by atoms with Crippen LogP contribution in [0.2, 0.25) is 0 Å². The summed E-state index contributed by atoms with van der Waals surface area (Å²) in [5.41, 5.74) is 0.186. The Morgan fingerprint density at radius 3 is 2.44 bits per heavy atom. The number of benzene rings is 2. The zero-order valence-electron chi connectivity index (χ0n) is 17.7. The van der Waals surface area contributed by atoms with Gasteiger partial charge in [0.05, 0.1) is 23.5 Å². The Kier molecular flexibility index (Phi) is 7.88. The first-order valence-electron chi connectivity index (χ1n) is 10.2. The Hall–Kier alpha value is -3.33. The van der Waals surface area contributed by atoms with E-state index in [-0.39, 0.29) is 10.6 Å². The molecule has 0 atom stereocenters. The number of ether oxygens (including phenoxy) is 1. The smallest absolute Gasteiger partial charge is 0.264 e. The van der Waals surface area contributed by atoms with Crippen molar-refractivity contribution in [3.05, 3.63) is 78.5 Å². The molecule has 0 fully saturated rings. The van der Waals surface area contributed by atoms with Crippen LogP contribution < -0.4 is 14.4 Å². The fourth-order valence-corrected chi connectivity index (χ4v) is 4.48. The molecule has 0 radical (unpaired) electrons. The summed E-state index contributed by atoms with van der Waals surface area (Å²) in [4.78, 5) is 12.5. The SMILES string of the molecule is CCOc1ccc(S(=O)(=O)N(CC(=O)NCCCc2ccco2)c2ccc(F)cc2)cc1. The molecule has 1 heterocycles. The number of amides is 1. The second-order valence-electron chi connectivity index (χ2n) is 6.93. The normalized spacial score (nSPS) is 11.2. The Balaban J connectivity index is 1.74. The lowest BCUT2D eigenvalue weighted by atomic mass is 10.2. The largest absolute Gasteiger partial charge is 0.494 e. The number of sulfonamides is 1. The van der Waals surface area contributed by atoms with E-state index in [2.05, 4.69) is 5.32 Å². The van der Waals surface area contributed by atoms with E-state index < -0.39 is 28.3 Å². The van der Waals surface area contributed by atoms with Gasteiger partial charge in [0.15, 0.2) is 0 Å². The van der Waals surface area contributed by atoms with Crippen LogP contribution in [0.3, 0.4) is 0 Å². The number of carbonyl (C=O) groups is 1. The number of furan rings is 1. The molecule has 1 N–H and O–H groups in total. The summed E-state index contributed by atoms with van der Waals surface area (Å²) in [7, 11) is -4.08. The highest BCUT2D eigenvalue weighted by molar-refractivity contribution is 7.92. The minimum atomic E-state index is -4.08. The van der Waals surface area contributed by atoms with Crippen LogP contribution in [0.25, 0.3) is 0 Å². The van der Waals surface area contributed by atoms with Gasteiger partial charge < -0.3 is 14.5 Å². The molecule has 0 aliphatic heterocycles. The Morgan fingerprint density at radius 2 is 1.81 bits per heavy atom. The maximum atomic E-state index is 13.4. The summed E-state index contributed by atoms with van der Waals surface area (Å²) in [6, 6.07) is 14.5. The van der Waals surface area contributed by atoms with Gasteiger partial charge in [-0.15, -0.1) is 0 Å². The van der Waals surface area contributed by atoms with E-state index in [1.165, 1.54) is 24.3 Å². The van der Waals surface area contributed by atoms with Crippen molar-refractivity contribution in [2.75, 3.05) is 24.0 Å². The fraction of sp³-hybridized carbons (Fsp3) is 0.261. The number of nitrogens with zero attached hydrogens (tertiary/aromatic N) is 1. The first-order chi connectivity index (χ1) is 15.4. The third kappa shape index (κ3) is 6.10. The van der Waals surface area contributed by atoms with Gasteiger partial charge in [-0.05, 0) is 74.0 Å². The molecule has 2 aromatic carbocycles. The van der Waals surface area contributed by atoms with Crippen molar-refractivity contribution in [1.29, 1.82) is 0 Å². The summed E-state index contributed by atoms with van der Waals surface area (Å²) in [6.45, 7) is 2.20. The molecule has 3 aromatic rings. The second kappa shape index (κ2) is 10.8. The number of hydrogen-bond acceptors (Lipinski definition) is 5. The van der Waals surface area contributed by atoms with E-state index in [0.29, 0.717) is 31.7 Å². The Bertz CT molecular complexity index is 1100. The first-order valence-corrected chi connectivity index (χ1v) is 11.6. The molecule has 0 spiro atoms. The Morgan fingerprint density at radius 1 is 1.09 bits per heavy atom. The molecule has 32 heavy (non-hydrogen) atoms. The summed E-state index contributed by atoms with van der Waals surface area (Å²) < 4.78 is 51.6. The van der Waals surface area contributed by atoms with Crippen LogP contribution in [-0.2, 0) is 21.2 Å². The van der Waals surface area contributed by atoms with Crippen molar-refractivity contribution in [3.8, 4) is 5.75 Å². The zero-order chi connectivity index (χ0) is 23.0. The topological polar surface area (TPSA) is 88.9 Å². The molecule has 170 valence electrons. The number of nitrogens with one attached hydrogen (secondary N) is 1. The standard InChI is InChI=1S/C23H25FN2O5S/c1-2-30-21-11-13-22(14-12-21)32(28,29)26(19-9-7-18(24)8-10-19)17-23(27)25-15-3-5-20-6-4-16-31-20/h4,6-14,16H,2-3,5,15,17H2,1H3,(H,25,27). The molecule has 0 saturated carbocycles. The van der Waals surface area contributed by atoms with Crippen molar-refractivity contribution in [1.82, 2.24) is 5.32 Å². The Labute approximate surface area is 186 Å². The van der Waals surface area contributed by atoms with Crippen LogP contribution >= 0.6 is 0 Å². The molecule has 0 aliphatic rings. The van der Waals surface area contributed by atoms with Gasteiger partial charge in [-0.1, -0.05) is 0 Å². The summed E-state index contributed by atoms with van der Waals surface area (Å²) in [5, 5.41) is 2.73. The van der Waals surface area contributed by atoms with Crippen molar-refractivity contribution < 1.29 is 26.8 Å². The zero-order valence-corrected chi connectivity index (χ0v) is 18.5. The molecular formula is C23H25FN2O5S. The number of halogens is 1. The van der Waals surface area contributed by atoms with Gasteiger partial charge in [0.1, 0.15) is 23.9 Å². The lowest BCUT2D eigenvalue weighted by Gasteiger charge is -2.24. The van der Waals surface area contributed by atoms with Gasteiger partial charge in [-0.2, -0.15) is 0 Å². The predicted molar refractivity (Wildman–Crippen MR) is 119 cm³/mol. The highest BCUT2D eigenvalue weighted by Gasteiger charge is 2.27. The molecule has 9 heteroatoms.